The largest absolute Gasteiger partial charge is 0.284 e. The van der Waals surface area contributed by atoms with Crippen molar-refractivity contribution in [3.05, 3.63) is 0 Å². The van der Waals surface area contributed by atoms with Crippen LogP contribution in [0, 0.1) is 5.41 Å². The highest BCUT2D eigenvalue weighted by Gasteiger charge is 1.60. The molecule has 0 aliphatic carbocycles. The molecule has 0 spiro atoms. The molecule has 0 aromatic heterocycles. The topological polar surface area (TPSA) is 23.9 Å². The third-order valence-corrected chi connectivity index (χ3v) is 0. The lowest BCUT2D eigenvalue weighted by Crippen LogP contribution is -1.51. The van der Waals surface area contributed by atoms with Crippen LogP contribution in [0.25, 0.3) is 0 Å². The molecular formula is CH2ClNS. The molecule has 0 heterocycles. The van der Waals surface area contributed by atoms with E-state index in [1.807, 2.05) is 0 Å². The van der Waals surface area contributed by atoms with E-state index >= 15 is 0 Å². The highest BCUT2D eigenvalue weighted by Crippen LogP contribution is 1.79. The van der Waals surface area contributed by atoms with E-state index in [1.54, 1.807) is 0 Å². The van der Waals surface area contributed by atoms with Crippen LogP contribution in [-0.4, -0.2) is 4.50 Å². The number of hydrogen-bond acceptors (Lipinski definition) is 1. The minimum atomic E-state index is -0.167. The van der Waals surface area contributed by atoms with E-state index in [4.69, 9.17) is 17.0 Å². The second-order valence-electron chi connectivity index (χ2n) is 0.291. The standard InChI is InChI=1S/CH2ClNS/c2-1(3)4/h(H2,3,4). The zero-order chi connectivity index (χ0) is 3.58. The Kier molecular flexibility index (Phi) is 1.74. The molecule has 0 unspecified atom stereocenters. The first kappa shape index (κ1) is 4.31. The summed E-state index contributed by atoms with van der Waals surface area (Å²) in [4.78, 5) is 0. The molecule has 0 fully saturated rings. The molecule has 0 saturated carbocycles. The summed E-state index contributed by atoms with van der Waals surface area (Å²) in [6, 6.07) is 0. The quantitative estimate of drug-likeness (QED) is 0.256. The molecule has 0 atom stereocenters. The molecule has 0 aliphatic rings. The van der Waals surface area contributed by atoms with Crippen molar-refractivity contribution in [2.24, 2.45) is 0 Å². The average Bonchev–Trinajstić information content (AvgIpc) is 0.811. The SMILES string of the molecule is N=C(S)Cl. The molecule has 0 radical (unpaired) electrons. The van der Waals surface area contributed by atoms with Crippen molar-refractivity contribution in [3.8, 4) is 0 Å². The smallest absolute Gasteiger partial charge is 0.152 e. The van der Waals surface area contributed by atoms with Gasteiger partial charge in [0.1, 0.15) is 0 Å². The predicted octanol–water partition coefficient (Wildman–Crippen LogP) is 1.09. The monoisotopic (exact) mass is 95.0 g/mol. The van der Waals surface area contributed by atoms with Crippen molar-refractivity contribution in [1.82, 2.24) is 0 Å². The predicted molar refractivity (Wildman–Crippen MR) is 22.6 cm³/mol. The van der Waals surface area contributed by atoms with E-state index < -0.39 is 0 Å². The van der Waals surface area contributed by atoms with Gasteiger partial charge in [-0.2, -0.15) is 0 Å². The Balaban J connectivity index is 2.80. The van der Waals surface area contributed by atoms with Gasteiger partial charge in [-0.05, 0) is 0 Å². The lowest BCUT2D eigenvalue weighted by atomic mass is 11.7. The molecule has 3 heteroatoms. The van der Waals surface area contributed by atoms with Crippen molar-refractivity contribution in [2.45, 2.75) is 0 Å². The van der Waals surface area contributed by atoms with Crippen molar-refractivity contribution in [3.63, 3.8) is 0 Å². The summed E-state index contributed by atoms with van der Waals surface area (Å²) in [5, 5.41) is 6.13. The summed E-state index contributed by atoms with van der Waals surface area (Å²) in [5.41, 5.74) is 0. The van der Waals surface area contributed by atoms with Crippen LogP contribution in [0.5, 0.6) is 0 Å². The Morgan fingerprint density at radius 2 is 2.00 bits per heavy atom. The lowest BCUT2D eigenvalue weighted by Gasteiger charge is -1.57. The van der Waals surface area contributed by atoms with Gasteiger partial charge in [-0.1, -0.05) is 11.6 Å². The highest BCUT2D eigenvalue weighted by atomic mass is 35.5. The number of nitrogens with one attached hydrogen (secondary N) is 1. The van der Waals surface area contributed by atoms with Gasteiger partial charge < -0.3 is 0 Å². The van der Waals surface area contributed by atoms with Gasteiger partial charge in [0.05, 0.1) is 0 Å². The first-order valence-corrected chi connectivity index (χ1v) is 1.49. The molecule has 0 saturated heterocycles. The molecule has 4 heavy (non-hydrogen) atoms. The van der Waals surface area contributed by atoms with Crippen LogP contribution < -0.4 is 0 Å². The Morgan fingerprint density at radius 1 is 2.00 bits per heavy atom. The van der Waals surface area contributed by atoms with Gasteiger partial charge in [0.2, 0.25) is 0 Å². The second-order valence-corrected chi connectivity index (χ2v) is 1.38. The summed E-state index contributed by atoms with van der Waals surface area (Å²) in [6.45, 7) is 0. The fourth-order valence-electron chi connectivity index (χ4n) is 0. The summed E-state index contributed by atoms with van der Waals surface area (Å²) in [5.74, 6) is 0. The van der Waals surface area contributed by atoms with Crippen LogP contribution in [0.1, 0.15) is 0 Å². The van der Waals surface area contributed by atoms with Crippen molar-refractivity contribution in [2.75, 3.05) is 0 Å². The molecule has 0 bridgehead atoms. The van der Waals surface area contributed by atoms with Gasteiger partial charge in [0.25, 0.3) is 0 Å². The Bertz CT molecular complexity index is 31.0. The minimum absolute atomic E-state index is 0.167. The van der Waals surface area contributed by atoms with Gasteiger partial charge in [-0.15, -0.1) is 12.6 Å². The maximum absolute atomic E-state index is 6.13. The first-order valence-electron chi connectivity index (χ1n) is 0.663. The van der Waals surface area contributed by atoms with Crippen molar-refractivity contribution < 1.29 is 0 Å². The Morgan fingerprint density at radius 3 is 2.00 bits per heavy atom. The van der Waals surface area contributed by atoms with Crippen LogP contribution >= 0.6 is 24.2 Å². The van der Waals surface area contributed by atoms with Gasteiger partial charge in [0, 0.05) is 0 Å². The Labute approximate surface area is 34.9 Å². The molecule has 1 N–H and O–H groups in total. The average molecular weight is 95.6 g/mol. The fourth-order valence-corrected chi connectivity index (χ4v) is 0. The summed E-state index contributed by atoms with van der Waals surface area (Å²) >= 11 is 8.04. The maximum Gasteiger partial charge on any atom is 0.152 e. The molecule has 24 valence electrons. The van der Waals surface area contributed by atoms with E-state index in [1.165, 1.54) is 0 Å². The van der Waals surface area contributed by atoms with Crippen LogP contribution in [-0.2, 0) is 0 Å². The third-order valence-electron chi connectivity index (χ3n) is 0. The summed E-state index contributed by atoms with van der Waals surface area (Å²) in [6.07, 6.45) is 0. The van der Waals surface area contributed by atoms with Gasteiger partial charge in [0.15, 0.2) is 4.50 Å². The number of halogens is 1. The highest BCUT2D eigenvalue weighted by molar-refractivity contribution is 8.00. The summed E-state index contributed by atoms with van der Waals surface area (Å²) < 4.78 is -0.167. The first-order chi connectivity index (χ1) is 1.73. The molecular weight excluding hydrogens is 93.5 g/mol. The normalized spacial score (nSPS) is 6.50. The summed E-state index contributed by atoms with van der Waals surface area (Å²) in [7, 11) is 0. The number of rotatable bonds is 0. The van der Waals surface area contributed by atoms with Gasteiger partial charge in [-0.25, -0.2) is 0 Å². The Hall–Kier alpha value is 0.310. The van der Waals surface area contributed by atoms with E-state index in [9.17, 15) is 0 Å². The van der Waals surface area contributed by atoms with Gasteiger partial charge in [-0.3, -0.25) is 5.41 Å². The third kappa shape index (κ3) is 41.3. The molecule has 0 amide bonds. The maximum atomic E-state index is 6.13. The van der Waals surface area contributed by atoms with Crippen LogP contribution in [0.4, 0.5) is 0 Å². The van der Waals surface area contributed by atoms with E-state index in [0.29, 0.717) is 0 Å². The zero-order valence-electron chi connectivity index (χ0n) is 1.83. The fraction of sp³-hybridized carbons (Fsp3) is 0. The van der Waals surface area contributed by atoms with Crippen LogP contribution in [0.15, 0.2) is 0 Å². The van der Waals surface area contributed by atoms with E-state index in [0.717, 1.165) is 0 Å². The second kappa shape index (κ2) is 1.61. The molecule has 0 rings (SSSR count). The lowest BCUT2D eigenvalue weighted by molar-refractivity contribution is 1.59. The molecule has 1 nitrogen and oxygen atoms in total. The minimum Gasteiger partial charge on any atom is -0.284 e. The zero-order valence-corrected chi connectivity index (χ0v) is 3.48. The van der Waals surface area contributed by atoms with E-state index in [2.05, 4.69) is 12.6 Å². The van der Waals surface area contributed by atoms with Gasteiger partial charge >= 0.3 is 0 Å². The van der Waals surface area contributed by atoms with Crippen LogP contribution in [0.2, 0.25) is 0 Å². The molecule has 0 aliphatic heterocycles. The number of hydrogen-bond donors (Lipinski definition) is 2. The molecule has 0 aromatic carbocycles. The molecule has 0 aromatic rings. The van der Waals surface area contributed by atoms with Crippen molar-refractivity contribution >= 4 is 28.7 Å². The number of thiol groups is 1. The van der Waals surface area contributed by atoms with Crippen LogP contribution in [0.3, 0.4) is 0 Å². The van der Waals surface area contributed by atoms with E-state index in [-0.39, 0.29) is 4.50 Å². The van der Waals surface area contributed by atoms with Crippen molar-refractivity contribution in [1.29, 1.82) is 5.41 Å².